The van der Waals surface area contributed by atoms with E-state index in [1.165, 1.54) is 6.42 Å². The van der Waals surface area contributed by atoms with E-state index in [2.05, 4.69) is 51.3 Å². The molecular formula is C15H27BN2O2. The molecule has 0 N–H and O–H groups in total. The molecule has 4 nitrogen and oxygen atoms in total. The molecule has 0 amide bonds. The van der Waals surface area contributed by atoms with E-state index in [-0.39, 0.29) is 18.3 Å². The highest BCUT2D eigenvalue weighted by molar-refractivity contribution is 6.63. The Morgan fingerprint density at radius 2 is 1.65 bits per heavy atom. The lowest BCUT2D eigenvalue weighted by Gasteiger charge is -2.32. The molecule has 0 radical (unpaired) electrons. The van der Waals surface area contributed by atoms with Crippen molar-refractivity contribution in [2.45, 2.75) is 79.1 Å². The molecule has 0 atom stereocenters. The van der Waals surface area contributed by atoms with Gasteiger partial charge in [0.1, 0.15) is 0 Å². The maximum Gasteiger partial charge on any atom is 0.498 e. The summed E-state index contributed by atoms with van der Waals surface area (Å²) in [6.07, 6.45) is 2.31. The summed E-state index contributed by atoms with van der Waals surface area (Å²) in [4.78, 5) is 0. The number of rotatable bonds is 4. The molecule has 2 heterocycles. The summed E-state index contributed by atoms with van der Waals surface area (Å²) in [6, 6.07) is 0. The van der Waals surface area contributed by atoms with Crippen LogP contribution in [0.1, 0.15) is 58.8 Å². The molecule has 0 aromatic carbocycles. The smallest absolute Gasteiger partial charge is 0.399 e. The van der Waals surface area contributed by atoms with Crippen molar-refractivity contribution in [2.24, 2.45) is 0 Å². The lowest BCUT2D eigenvalue weighted by atomic mass is 9.77. The topological polar surface area (TPSA) is 36.3 Å². The molecule has 0 unspecified atom stereocenters. The van der Waals surface area contributed by atoms with Crippen LogP contribution in [0.5, 0.6) is 0 Å². The Hall–Kier alpha value is -0.805. The van der Waals surface area contributed by atoms with Crippen molar-refractivity contribution in [1.82, 2.24) is 9.78 Å². The van der Waals surface area contributed by atoms with Crippen LogP contribution < -0.4 is 5.46 Å². The number of nitrogens with zero attached hydrogens (tertiary/aromatic N) is 2. The van der Waals surface area contributed by atoms with Gasteiger partial charge in [-0.05, 0) is 48.0 Å². The van der Waals surface area contributed by atoms with Gasteiger partial charge in [-0.1, -0.05) is 13.3 Å². The first-order valence-corrected chi connectivity index (χ1v) is 7.59. The minimum Gasteiger partial charge on any atom is -0.399 e. The van der Waals surface area contributed by atoms with Crippen LogP contribution in [0.2, 0.25) is 0 Å². The predicted molar refractivity (Wildman–Crippen MR) is 82.3 cm³/mol. The highest BCUT2D eigenvalue weighted by atomic mass is 16.7. The third-order valence-corrected chi connectivity index (χ3v) is 4.65. The molecule has 5 heteroatoms. The molecule has 0 bridgehead atoms. The van der Waals surface area contributed by atoms with Crippen LogP contribution >= 0.6 is 0 Å². The van der Waals surface area contributed by atoms with Gasteiger partial charge in [0.15, 0.2) is 0 Å². The lowest BCUT2D eigenvalue weighted by Crippen LogP contribution is -2.41. The van der Waals surface area contributed by atoms with Gasteiger partial charge >= 0.3 is 7.12 Å². The van der Waals surface area contributed by atoms with Gasteiger partial charge in [-0.15, -0.1) is 0 Å². The van der Waals surface area contributed by atoms with E-state index in [1.54, 1.807) is 0 Å². The van der Waals surface area contributed by atoms with Crippen molar-refractivity contribution in [2.75, 3.05) is 0 Å². The number of aryl methyl sites for hydroxylation is 2. The number of aromatic nitrogens is 2. The van der Waals surface area contributed by atoms with Gasteiger partial charge in [-0.2, -0.15) is 5.10 Å². The molecule has 2 rings (SSSR count). The van der Waals surface area contributed by atoms with Crippen LogP contribution in [0.25, 0.3) is 0 Å². The summed E-state index contributed by atoms with van der Waals surface area (Å²) >= 11 is 0. The summed E-state index contributed by atoms with van der Waals surface area (Å²) in [5.41, 5.74) is 2.66. The average Bonchev–Trinajstić information content (AvgIpc) is 2.70. The SMILES string of the molecule is CCCCn1nc(C)c(B2OC(C)(C)C(C)(C)O2)c1C. The highest BCUT2D eigenvalue weighted by Gasteiger charge is 2.53. The van der Waals surface area contributed by atoms with Crippen LogP contribution in [0.15, 0.2) is 0 Å². The Bertz CT molecular complexity index is 478. The Labute approximate surface area is 123 Å². The lowest BCUT2D eigenvalue weighted by molar-refractivity contribution is 0.00578. The fourth-order valence-corrected chi connectivity index (χ4v) is 2.54. The van der Waals surface area contributed by atoms with Crippen molar-refractivity contribution < 1.29 is 9.31 Å². The second-order valence-electron chi connectivity index (χ2n) is 6.75. The fourth-order valence-electron chi connectivity index (χ4n) is 2.54. The van der Waals surface area contributed by atoms with Gasteiger partial charge in [-0.3, -0.25) is 4.68 Å². The van der Waals surface area contributed by atoms with Crippen LogP contribution in [-0.4, -0.2) is 28.1 Å². The first kappa shape index (κ1) is 15.6. The Morgan fingerprint density at radius 3 is 2.15 bits per heavy atom. The average molecular weight is 278 g/mol. The molecular weight excluding hydrogens is 251 g/mol. The predicted octanol–water partition coefficient (Wildman–Crippen LogP) is 2.60. The van der Waals surface area contributed by atoms with Gasteiger partial charge in [0.05, 0.1) is 16.9 Å². The second-order valence-corrected chi connectivity index (χ2v) is 6.75. The fraction of sp³-hybridized carbons (Fsp3) is 0.800. The zero-order chi connectivity index (χ0) is 15.1. The van der Waals surface area contributed by atoms with E-state index in [4.69, 9.17) is 9.31 Å². The van der Waals surface area contributed by atoms with Gasteiger partial charge in [0, 0.05) is 17.7 Å². The Balaban J connectivity index is 2.29. The summed E-state index contributed by atoms with van der Waals surface area (Å²) in [7, 11) is -0.310. The van der Waals surface area contributed by atoms with E-state index in [0.717, 1.165) is 29.8 Å². The summed E-state index contributed by atoms with van der Waals surface area (Å²) in [5, 5.41) is 4.64. The largest absolute Gasteiger partial charge is 0.498 e. The van der Waals surface area contributed by atoms with Crippen LogP contribution in [0, 0.1) is 13.8 Å². The molecule has 1 aliphatic heterocycles. The Kier molecular flexibility index (Phi) is 4.04. The second kappa shape index (κ2) is 5.19. The van der Waals surface area contributed by atoms with Crippen molar-refractivity contribution in [3.63, 3.8) is 0 Å². The van der Waals surface area contributed by atoms with E-state index in [1.807, 2.05) is 6.92 Å². The van der Waals surface area contributed by atoms with Crippen LogP contribution in [-0.2, 0) is 15.9 Å². The molecule has 112 valence electrons. The third kappa shape index (κ3) is 2.53. The minimum atomic E-state index is -0.310. The molecule has 0 spiro atoms. The zero-order valence-corrected chi connectivity index (χ0v) is 13.9. The molecule has 1 aromatic rings. The van der Waals surface area contributed by atoms with Crippen molar-refractivity contribution in [1.29, 1.82) is 0 Å². The normalized spacial score (nSPS) is 20.6. The summed E-state index contributed by atoms with van der Waals surface area (Å²) in [6.45, 7) is 15.6. The molecule has 1 aliphatic rings. The van der Waals surface area contributed by atoms with Gasteiger partial charge in [0.2, 0.25) is 0 Å². The zero-order valence-electron chi connectivity index (χ0n) is 13.9. The maximum absolute atomic E-state index is 6.15. The first-order valence-electron chi connectivity index (χ1n) is 7.59. The van der Waals surface area contributed by atoms with E-state index in [9.17, 15) is 0 Å². The van der Waals surface area contributed by atoms with E-state index >= 15 is 0 Å². The number of unbranched alkanes of at least 4 members (excludes halogenated alkanes) is 1. The molecule has 20 heavy (non-hydrogen) atoms. The van der Waals surface area contributed by atoms with Gasteiger partial charge in [-0.25, -0.2) is 0 Å². The maximum atomic E-state index is 6.15. The molecule has 1 saturated heterocycles. The minimum absolute atomic E-state index is 0.304. The highest BCUT2D eigenvalue weighted by Crippen LogP contribution is 2.36. The van der Waals surface area contributed by atoms with E-state index in [0.29, 0.717) is 0 Å². The standard InChI is InChI=1S/C15H27BN2O2/c1-8-9-10-18-12(3)13(11(2)17-18)16-19-14(4,5)15(6,7)20-16/h8-10H2,1-7H3. The summed E-state index contributed by atoms with van der Waals surface area (Å²) in [5.74, 6) is 0. The monoisotopic (exact) mass is 278 g/mol. The van der Waals surface area contributed by atoms with Crippen molar-refractivity contribution >= 4 is 12.6 Å². The third-order valence-electron chi connectivity index (χ3n) is 4.65. The van der Waals surface area contributed by atoms with Crippen LogP contribution in [0.3, 0.4) is 0 Å². The van der Waals surface area contributed by atoms with Crippen molar-refractivity contribution in [3.05, 3.63) is 11.4 Å². The van der Waals surface area contributed by atoms with Gasteiger partial charge < -0.3 is 9.31 Å². The number of hydrogen-bond donors (Lipinski definition) is 0. The number of hydrogen-bond acceptors (Lipinski definition) is 3. The molecule has 0 aliphatic carbocycles. The quantitative estimate of drug-likeness (QED) is 0.794. The molecule has 1 aromatic heterocycles. The van der Waals surface area contributed by atoms with E-state index < -0.39 is 0 Å². The van der Waals surface area contributed by atoms with Crippen LogP contribution in [0.4, 0.5) is 0 Å². The molecule has 1 fully saturated rings. The van der Waals surface area contributed by atoms with Gasteiger partial charge in [0.25, 0.3) is 0 Å². The molecule has 0 saturated carbocycles. The Morgan fingerprint density at radius 1 is 1.10 bits per heavy atom. The van der Waals surface area contributed by atoms with Crippen molar-refractivity contribution in [3.8, 4) is 0 Å². The summed E-state index contributed by atoms with van der Waals surface area (Å²) < 4.78 is 14.4. The first-order chi connectivity index (χ1) is 9.19.